The molecule has 0 aliphatic heterocycles. The molecule has 1 radical (unpaired) electrons. The standard InChI is InChI=1S/C8H17.3C2H4O2S.Sb/c1-4-5-6-7-8(2)3;3*3-2(4)1-5;/h8H,1,4-7H2,2-3H3;3*5H,1H2,(H,3,4);/q;;;;+3/p-3. The van der Waals surface area contributed by atoms with Gasteiger partial charge in [0.05, 0.1) is 17.9 Å². The van der Waals surface area contributed by atoms with Gasteiger partial charge in [-0.3, -0.25) is 0 Å². The Balaban J connectivity index is -0.000000116. The van der Waals surface area contributed by atoms with Crippen LogP contribution in [0.25, 0.3) is 0 Å². The van der Waals surface area contributed by atoms with Gasteiger partial charge in [0, 0.05) is 17.3 Å². The monoisotopic (exact) mass is 507 g/mol. The Hall–Kier alpha value is 0.278. The van der Waals surface area contributed by atoms with Crippen molar-refractivity contribution in [1.82, 2.24) is 0 Å². The molecule has 0 aliphatic carbocycles. The summed E-state index contributed by atoms with van der Waals surface area (Å²) < 4.78 is 1.41. The third kappa shape index (κ3) is 66.9. The Morgan fingerprint density at radius 2 is 1.08 bits per heavy atom. The van der Waals surface area contributed by atoms with Crippen LogP contribution < -0.4 is 15.3 Å². The van der Waals surface area contributed by atoms with Crippen molar-refractivity contribution in [3.05, 3.63) is 0 Å². The van der Waals surface area contributed by atoms with Gasteiger partial charge in [-0.1, -0.05) is 0 Å². The summed E-state index contributed by atoms with van der Waals surface area (Å²) in [5, 5.41) is 27.5. The zero-order chi connectivity index (χ0) is 20.0. The second kappa shape index (κ2) is 28.1. The Morgan fingerprint density at radius 1 is 0.792 bits per heavy atom. The summed E-state index contributed by atoms with van der Waals surface area (Å²) in [6, 6.07) is 0. The maximum atomic E-state index is 9.18. The molecule has 0 fully saturated rings. The molecule has 0 saturated carbocycles. The molecule has 0 spiro atoms. The summed E-state index contributed by atoms with van der Waals surface area (Å²) in [5.41, 5.74) is 0. The van der Waals surface area contributed by atoms with Gasteiger partial charge in [-0.05, 0) is 0 Å². The zero-order valence-electron chi connectivity index (χ0n) is 14.0. The Bertz CT molecular complexity index is 271. The number of carbonyl (C=O) groups excluding carboxylic acids is 3. The van der Waals surface area contributed by atoms with Crippen LogP contribution in [0.4, 0.5) is 0 Å². The molecule has 24 heavy (non-hydrogen) atoms. The number of rotatable bonds is 8. The average Bonchev–Trinajstić information content (AvgIpc) is 2.53. The van der Waals surface area contributed by atoms with E-state index in [4.69, 9.17) is 0 Å². The number of thiol groups is 3. The number of hydrogen-bond acceptors (Lipinski definition) is 9. The van der Waals surface area contributed by atoms with E-state index in [0.29, 0.717) is 0 Å². The average molecular weight is 508 g/mol. The van der Waals surface area contributed by atoms with E-state index >= 15 is 0 Å². The molecule has 0 aliphatic rings. The van der Waals surface area contributed by atoms with Gasteiger partial charge in [0.2, 0.25) is 0 Å². The van der Waals surface area contributed by atoms with Gasteiger partial charge in [0.25, 0.3) is 0 Å². The van der Waals surface area contributed by atoms with Crippen LogP contribution in [0.1, 0.15) is 39.5 Å². The topological polar surface area (TPSA) is 120 Å². The van der Waals surface area contributed by atoms with Crippen molar-refractivity contribution in [3.8, 4) is 0 Å². The van der Waals surface area contributed by atoms with Crippen LogP contribution >= 0.6 is 37.9 Å². The first-order valence-corrected chi connectivity index (χ1v) is 10.8. The van der Waals surface area contributed by atoms with Crippen molar-refractivity contribution in [2.75, 3.05) is 17.3 Å². The summed E-state index contributed by atoms with van der Waals surface area (Å²) in [6.45, 7) is 4.60. The maximum Gasteiger partial charge on any atom is 0.0510 e. The van der Waals surface area contributed by atoms with Crippen molar-refractivity contribution in [3.63, 3.8) is 0 Å². The number of carbonyl (C=O) groups is 3. The van der Waals surface area contributed by atoms with Gasteiger partial charge < -0.3 is 29.7 Å². The summed E-state index contributed by atoms with van der Waals surface area (Å²) >= 11 is 12.0. The zero-order valence-corrected chi connectivity index (χ0v) is 19.2. The van der Waals surface area contributed by atoms with Crippen molar-refractivity contribution in [1.29, 1.82) is 0 Å². The van der Waals surface area contributed by atoms with Gasteiger partial charge in [0.1, 0.15) is 0 Å². The summed E-state index contributed by atoms with van der Waals surface area (Å²) in [4.78, 5) is 27.5. The van der Waals surface area contributed by atoms with E-state index in [1.807, 2.05) is 23.0 Å². The molecule has 0 unspecified atom stereocenters. The molecule has 6 nitrogen and oxygen atoms in total. The van der Waals surface area contributed by atoms with Crippen LogP contribution in [0.15, 0.2) is 0 Å². The number of carboxylic acids is 3. The smallest absolute Gasteiger partial charge is 0.0510 e. The molecule has 0 saturated heterocycles. The van der Waals surface area contributed by atoms with Crippen molar-refractivity contribution >= 4 is 78.8 Å². The number of unbranched alkanes of at least 4 members (excludes halogenated alkanes) is 2. The fraction of sp³-hybridized carbons (Fsp3) is 0.786. The minimum atomic E-state index is -1.13. The van der Waals surface area contributed by atoms with Gasteiger partial charge in [-0.2, -0.15) is 37.9 Å². The van der Waals surface area contributed by atoms with Gasteiger partial charge in [0.15, 0.2) is 0 Å². The maximum absolute atomic E-state index is 9.18. The van der Waals surface area contributed by atoms with E-state index in [9.17, 15) is 29.7 Å². The van der Waals surface area contributed by atoms with E-state index in [1.54, 1.807) is 0 Å². The Morgan fingerprint density at radius 3 is 1.25 bits per heavy atom. The molecule has 141 valence electrons. The quantitative estimate of drug-likeness (QED) is 0.215. The molecule has 0 N–H and O–H groups in total. The van der Waals surface area contributed by atoms with E-state index in [-0.39, 0.29) is 17.3 Å². The van der Waals surface area contributed by atoms with Crippen LogP contribution in [0.5, 0.6) is 0 Å². The van der Waals surface area contributed by atoms with Crippen LogP contribution in [0.2, 0.25) is 4.37 Å². The van der Waals surface area contributed by atoms with Crippen molar-refractivity contribution in [2.24, 2.45) is 5.92 Å². The predicted molar refractivity (Wildman–Crippen MR) is 100 cm³/mol. The minimum absolute atomic E-state index is 0.194. The van der Waals surface area contributed by atoms with Gasteiger partial charge >= 0.3 is 72.8 Å². The van der Waals surface area contributed by atoms with Gasteiger partial charge in [-0.25, -0.2) is 0 Å². The Labute approximate surface area is 174 Å². The molecule has 0 heterocycles. The van der Waals surface area contributed by atoms with Gasteiger partial charge in [-0.15, -0.1) is 0 Å². The second-order valence-corrected chi connectivity index (χ2v) is 6.78. The number of hydrogen-bond donors (Lipinski definition) is 3. The van der Waals surface area contributed by atoms with Crippen molar-refractivity contribution < 1.29 is 29.7 Å². The molecule has 0 aromatic rings. The third-order valence-corrected chi connectivity index (χ3v) is 3.50. The van der Waals surface area contributed by atoms with E-state index in [0.717, 1.165) is 5.92 Å². The molecule has 0 rings (SSSR count). The largest absolute Gasteiger partial charge is 0.549 e. The molecule has 0 aromatic carbocycles. The van der Waals surface area contributed by atoms with E-state index < -0.39 is 17.9 Å². The summed E-state index contributed by atoms with van der Waals surface area (Å²) in [7, 11) is 0. The first-order chi connectivity index (χ1) is 11.1. The van der Waals surface area contributed by atoms with Crippen LogP contribution in [0.3, 0.4) is 0 Å². The molecule has 0 aromatic heterocycles. The van der Waals surface area contributed by atoms with Crippen LogP contribution in [-0.2, 0) is 14.4 Å². The molecular formula is C14H26O6S3Sb. The fourth-order valence-corrected chi connectivity index (χ4v) is 1.48. The first-order valence-electron chi connectivity index (χ1n) is 7.11. The molecule has 10 heteroatoms. The molecular weight excluding hydrogens is 482 g/mol. The minimum Gasteiger partial charge on any atom is -0.549 e. The second-order valence-electron chi connectivity index (χ2n) is 4.56. The molecule has 0 atom stereocenters. The number of carboxylic acid groups (broad SMARTS) is 3. The SMILES string of the molecule is CC(C)CCCC[CH2][Sb+3].O=C([O-])CS.O=C([O-])CS.O=C([O-])CS. The molecule has 0 bridgehead atoms. The summed E-state index contributed by atoms with van der Waals surface area (Å²) in [5.74, 6) is -3.07. The van der Waals surface area contributed by atoms with E-state index in [1.165, 1.54) is 30.1 Å². The van der Waals surface area contributed by atoms with Crippen molar-refractivity contribution in [2.45, 2.75) is 43.9 Å². The molecule has 0 amide bonds. The predicted octanol–water partition coefficient (Wildman–Crippen LogP) is -1.21. The first kappa shape index (κ1) is 32.0. The number of aliphatic carboxylic acids is 3. The normalized spacial score (nSPS) is 8.54. The fourth-order valence-electron chi connectivity index (χ4n) is 0.841. The van der Waals surface area contributed by atoms with E-state index in [2.05, 4.69) is 51.7 Å². The van der Waals surface area contributed by atoms with Crippen LogP contribution in [-0.4, -0.2) is 58.2 Å². The Kier molecular flexibility index (Phi) is 37.5. The third-order valence-electron chi connectivity index (χ3n) is 1.83. The van der Waals surface area contributed by atoms with Crippen LogP contribution in [0, 0.1) is 5.92 Å². The summed E-state index contributed by atoms with van der Waals surface area (Å²) in [6.07, 6.45) is 5.76.